The number of halogens is 1. The van der Waals surface area contributed by atoms with Crippen molar-refractivity contribution in [3.8, 4) is 0 Å². The molecule has 2 aliphatic carbocycles. The zero-order valence-corrected chi connectivity index (χ0v) is 12.9. The standard InChI is InChI=1S/C17H16FN3O3/c18-11-5-6-12-13(7-11)24-14(19-12)8-21-15(22)17(9-1-2-9,10-3-4-10)20-16(21)23/h5-7,9-10H,1-4,8H2,(H,20,23). The second kappa shape index (κ2) is 4.55. The summed E-state index contributed by atoms with van der Waals surface area (Å²) in [5.74, 6) is 0.169. The van der Waals surface area contributed by atoms with E-state index in [1.807, 2.05) is 0 Å². The zero-order chi connectivity index (χ0) is 16.5. The highest BCUT2D eigenvalue weighted by atomic mass is 19.1. The second-order valence-electron chi connectivity index (χ2n) is 6.96. The number of urea groups is 1. The fourth-order valence-corrected chi connectivity index (χ4v) is 3.87. The molecule has 0 atom stereocenters. The largest absolute Gasteiger partial charge is 0.439 e. The molecule has 1 aromatic carbocycles. The van der Waals surface area contributed by atoms with Crippen LogP contribution in [0.2, 0.25) is 0 Å². The number of amides is 3. The third-order valence-electron chi connectivity index (χ3n) is 5.29. The van der Waals surface area contributed by atoms with Crippen LogP contribution in [0.1, 0.15) is 31.6 Å². The Bertz CT molecular complexity index is 857. The minimum absolute atomic E-state index is 0.0256. The summed E-state index contributed by atoms with van der Waals surface area (Å²) in [6.07, 6.45) is 3.94. The molecule has 124 valence electrons. The van der Waals surface area contributed by atoms with Gasteiger partial charge in [-0.25, -0.2) is 14.2 Å². The van der Waals surface area contributed by atoms with Gasteiger partial charge in [-0.3, -0.25) is 9.69 Å². The number of carbonyl (C=O) groups excluding carboxylic acids is 2. The van der Waals surface area contributed by atoms with Crippen molar-refractivity contribution in [2.75, 3.05) is 0 Å². The number of imide groups is 1. The van der Waals surface area contributed by atoms with Crippen LogP contribution in [0.25, 0.3) is 11.1 Å². The van der Waals surface area contributed by atoms with Crippen molar-refractivity contribution in [3.05, 3.63) is 29.9 Å². The molecule has 3 amide bonds. The van der Waals surface area contributed by atoms with E-state index >= 15 is 0 Å². The van der Waals surface area contributed by atoms with Crippen LogP contribution in [0, 0.1) is 17.7 Å². The van der Waals surface area contributed by atoms with Crippen molar-refractivity contribution >= 4 is 23.0 Å². The number of hydrogen-bond donors (Lipinski definition) is 1. The van der Waals surface area contributed by atoms with Crippen molar-refractivity contribution in [1.29, 1.82) is 0 Å². The van der Waals surface area contributed by atoms with Crippen LogP contribution in [-0.4, -0.2) is 27.4 Å². The highest BCUT2D eigenvalue weighted by molar-refractivity contribution is 6.07. The molecule has 0 unspecified atom stereocenters. The lowest BCUT2D eigenvalue weighted by atomic mass is 9.87. The number of oxazole rings is 1. The number of nitrogens with one attached hydrogen (secondary N) is 1. The van der Waals surface area contributed by atoms with E-state index in [-0.39, 0.29) is 36.2 Å². The summed E-state index contributed by atoms with van der Waals surface area (Å²) in [5.41, 5.74) is 0.108. The first-order valence-corrected chi connectivity index (χ1v) is 8.27. The lowest BCUT2D eigenvalue weighted by Gasteiger charge is -2.26. The fourth-order valence-electron chi connectivity index (χ4n) is 3.87. The van der Waals surface area contributed by atoms with Gasteiger partial charge in [0.05, 0.1) is 0 Å². The zero-order valence-electron chi connectivity index (χ0n) is 12.9. The molecule has 3 fully saturated rings. The molecule has 3 aliphatic rings. The highest BCUT2D eigenvalue weighted by Gasteiger charge is 2.65. The molecule has 1 aromatic heterocycles. The van der Waals surface area contributed by atoms with Gasteiger partial charge in [0, 0.05) is 6.07 Å². The summed E-state index contributed by atoms with van der Waals surface area (Å²) in [6, 6.07) is 3.68. The molecule has 1 N–H and O–H groups in total. The van der Waals surface area contributed by atoms with Gasteiger partial charge in [0.2, 0.25) is 5.89 Å². The molecule has 0 radical (unpaired) electrons. The SMILES string of the molecule is O=C1NC(C2CC2)(C2CC2)C(=O)N1Cc1nc2ccc(F)cc2o1. The number of carbonyl (C=O) groups is 2. The Morgan fingerprint density at radius 3 is 2.62 bits per heavy atom. The minimum Gasteiger partial charge on any atom is -0.439 e. The van der Waals surface area contributed by atoms with Gasteiger partial charge in [-0.1, -0.05) is 0 Å². The molecule has 5 rings (SSSR count). The first-order valence-electron chi connectivity index (χ1n) is 8.27. The molecule has 24 heavy (non-hydrogen) atoms. The van der Waals surface area contributed by atoms with E-state index in [4.69, 9.17) is 4.42 Å². The van der Waals surface area contributed by atoms with E-state index in [0.717, 1.165) is 25.7 Å². The van der Waals surface area contributed by atoms with Crippen molar-refractivity contribution in [2.45, 2.75) is 37.8 Å². The summed E-state index contributed by atoms with van der Waals surface area (Å²) < 4.78 is 18.8. The van der Waals surface area contributed by atoms with Crippen LogP contribution >= 0.6 is 0 Å². The topological polar surface area (TPSA) is 75.4 Å². The Labute approximate surface area is 137 Å². The third kappa shape index (κ3) is 1.90. The van der Waals surface area contributed by atoms with Crippen molar-refractivity contribution in [2.24, 2.45) is 11.8 Å². The van der Waals surface area contributed by atoms with E-state index in [9.17, 15) is 14.0 Å². The molecule has 2 aromatic rings. The maximum Gasteiger partial charge on any atom is 0.325 e. The first kappa shape index (κ1) is 13.9. The molecular weight excluding hydrogens is 313 g/mol. The molecule has 1 aliphatic heterocycles. The van der Waals surface area contributed by atoms with Gasteiger partial charge in [0.15, 0.2) is 5.58 Å². The van der Waals surface area contributed by atoms with Crippen molar-refractivity contribution < 1.29 is 18.4 Å². The molecule has 1 saturated heterocycles. The predicted molar refractivity (Wildman–Crippen MR) is 81.2 cm³/mol. The number of benzene rings is 1. The summed E-state index contributed by atoms with van der Waals surface area (Å²) in [7, 11) is 0. The summed E-state index contributed by atoms with van der Waals surface area (Å²) in [6.45, 7) is -0.0256. The van der Waals surface area contributed by atoms with Gasteiger partial charge < -0.3 is 9.73 Å². The molecule has 6 nitrogen and oxygen atoms in total. The predicted octanol–water partition coefficient (Wildman–Crippen LogP) is 2.58. The van der Waals surface area contributed by atoms with E-state index in [1.165, 1.54) is 23.1 Å². The Kier molecular flexibility index (Phi) is 2.65. The molecule has 2 saturated carbocycles. The van der Waals surface area contributed by atoms with E-state index < -0.39 is 11.4 Å². The third-order valence-corrected chi connectivity index (χ3v) is 5.29. The van der Waals surface area contributed by atoms with Gasteiger partial charge >= 0.3 is 6.03 Å². The quantitative estimate of drug-likeness (QED) is 0.875. The molecule has 0 spiro atoms. The van der Waals surface area contributed by atoms with Gasteiger partial charge in [0.1, 0.15) is 23.4 Å². The smallest absolute Gasteiger partial charge is 0.325 e. The molecule has 2 heterocycles. The fraction of sp³-hybridized carbons (Fsp3) is 0.471. The summed E-state index contributed by atoms with van der Waals surface area (Å²) in [4.78, 5) is 30.8. The van der Waals surface area contributed by atoms with Crippen molar-refractivity contribution in [1.82, 2.24) is 15.2 Å². The average molecular weight is 329 g/mol. The second-order valence-corrected chi connectivity index (χ2v) is 6.96. The first-order chi connectivity index (χ1) is 11.6. The van der Waals surface area contributed by atoms with Crippen LogP contribution < -0.4 is 5.32 Å². The number of nitrogens with zero attached hydrogens (tertiary/aromatic N) is 2. The molecule has 0 bridgehead atoms. The maximum absolute atomic E-state index is 13.3. The van der Waals surface area contributed by atoms with Crippen LogP contribution in [0.5, 0.6) is 0 Å². The minimum atomic E-state index is -0.713. The Morgan fingerprint density at radius 1 is 1.25 bits per heavy atom. The maximum atomic E-state index is 13.3. The Hall–Kier alpha value is -2.44. The van der Waals surface area contributed by atoms with Gasteiger partial charge in [-0.2, -0.15) is 0 Å². The van der Waals surface area contributed by atoms with Crippen LogP contribution in [0.4, 0.5) is 9.18 Å². The van der Waals surface area contributed by atoms with E-state index in [1.54, 1.807) is 0 Å². The average Bonchev–Trinajstić information content (AvgIpc) is 3.45. The molecular formula is C17H16FN3O3. The normalized spacial score (nSPS) is 23.1. The number of hydrogen-bond acceptors (Lipinski definition) is 4. The summed E-state index contributed by atoms with van der Waals surface area (Å²) in [5, 5.41) is 2.96. The van der Waals surface area contributed by atoms with Crippen molar-refractivity contribution in [3.63, 3.8) is 0 Å². The van der Waals surface area contributed by atoms with Crippen LogP contribution in [0.3, 0.4) is 0 Å². The highest BCUT2D eigenvalue weighted by Crippen LogP contribution is 2.54. The summed E-state index contributed by atoms with van der Waals surface area (Å²) >= 11 is 0. The van der Waals surface area contributed by atoms with Crippen LogP contribution in [-0.2, 0) is 11.3 Å². The number of rotatable bonds is 4. The monoisotopic (exact) mass is 329 g/mol. The number of aromatic nitrogens is 1. The molecule has 7 heteroatoms. The lowest BCUT2D eigenvalue weighted by molar-refractivity contribution is -0.133. The van der Waals surface area contributed by atoms with Gasteiger partial charge in [-0.05, 0) is 49.7 Å². The lowest BCUT2D eigenvalue weighted by Crippen LogP contribution is -2.51. The van der Waals surface area contributed by atoms with E-state index in [2.05, 4.69) is 10.3 Å². The van der Waals surface area contributed by atoms with Gasteiger partial charge in [-0.15, -0.1) is 0 Å². The van der Waals surface area contributed by atoms with Gasteiger partial charge in [0.25, 0.3) is 5.91 Å². The van der Waals surface area contributed by atoms with Crippen LogP contribution in [0.15, 0.2) is 22.6 Å². The Morgan fingerprint density at radius 2 is 1.96 bits per heavy atom. The Balaban J connectivity index is 1.45. The number of fused-ring (bicyclic) bond motifs is 1. The van der Waals surface area contributed by atoms with E-state index in [0.29, 0.717) is 11.1 Å².